The van der Waals surface area contributed by atoms with Crippen LogP contribution >= 0.6 is 0 Å². The number of carbonyl (C=O) groups is 1. The van der Waals surface area contributed by atoms with Crippen molar-refractivity contribution < 1.29 is 18.7 Å². The van der Waals surface area contributed by atoms with Crippen molar-refractivity contribution in [2.45, 2.75) is 44.2 Å². The average molecular weight is 347 g/mol. The first kappa shape index (κ1) is 16.2. The third-order valence-corrected chi connectivity index (χ3v) is 5.13. The molecular weight excluding hydrogens is 328 g/mol. The van der Waals surface area contributed by atoms with Gasteiger partial charge in [-0.25, -0.2) is 8.78 Å². The number of aromatic amines is 1. The summed E-state index contributed by atoms with van der Waals surface area (Å²) >= 11 is 0. The van der Waals surface area contributed by atoms with E-state index in [1.165, 1.54) is 11.0 Å². The number of hydrogen-bond donors (Lipinski definition) is 2. The van der Waals surface area contributed by atoms with Crippen molar-refractivity contribution in [1.29, 1.82) is 0 Å². The minimum Gasteiger partial charge on any atom is -0.391 e. The zero-order valence-corrected chi connectivity index (χ0v) is 13.6. The van der Waals surface area contributed by atoms with Gasteiger partial charge < -0.3 is 10.0 Å². The average Bonchev–Trinajstić information content (AvgIpc) is 3.20. The fourth-order valence-corrected chi connectivity index (χ4v) is 3.87. The number of aliphatic hydroxyl groups excluding tert-OH is 1. The molecule has 2 N–H and O–H groups in total. The third kappa shape index (κ3) is 2.82. The number of nitrogens with one attached hydrogen (secondary N) is 1. The number of H-pyrrole nitrogens is 1. The van der Waals surface area contributed by atoms with Crippen LogP contribution < -0.4 is 0 Å². The molecule has 4 rings (SSSR count). The van der Waals surface area contributed by atoms with Gasteiger partial charge in [0.05, 0.1) is 12.1 Å². The largest absolute Gasteiger partial charge is 0.391 e. The van der Waals surface area contributed by atoms with E-state index in [1.807, 2.05) is 0 Å². The number of halogens is 2. The van der Waals surface area contributed by atoms with E-state index in [2.05, 4.69) is 10.2 Å². The lowest BCUT2D eigenvalue weighted by Gasteiger charge is -2.25. The second-order valence-electron chi connectivity index (χ2n) is 6.77. The van der Waals surface area contributed by atoms with Gasteiger partial charge in [-0.2, -0.15) is 5.10 Å². The van der Waals surface area contributed by atoms with Crippen molar-refractivity contribution in [2.75, 3.05) is 6.54 Å². The molecule has 1 saturated heterocycles. The second-order valence-corrected chi connectivity index (χ2v) is 6.77. The fourth-order valence-electron chi connectivity index (χ4n) is 3.87. The summed E-state index contributed by atoms with van der Waals surface area (Å²) in [6.45, 7) is 0.157. The fraction of sp³-hybridized carbons (Fsp3) is 0.444. The normalized spacial score (nSPS) is 22.9. The quantitative estimate of drug-likeness (QED) is 0.877. The Kier molecular flexibility index (Phi) is 4.03. The zero-order valence-electron chi connectivity index (χ0n) is 13.6. The van der Waals surface area contributed by atoms with Gasteiger partial charge in [0.15, 0.2) is 17.3 Å². The van der Waals surface area contributed by atoms with Crippen LogP contribution in [-0.4, -0.2) is 38.8 Å². The number of aryl methyl sites for hydroxylation is 1. The van der Waals surface area contributed by atoms with Gasteiger partial charge in [-0.15, -0.1) is 0 Å². The highest BCUT2D eigenvalue weighted by molar-refractivity contribution is 5.94. The number of aromatic nitrogens is 2. The molecule has 5 nitrogen and oxygen atoms in total. The van der Waals surface area contributed by atoms with Gasteiger partial charge in [0.1, 0.15) is 0 Å². The molecule has 1 aromatic heterocycles. The SMILES string of the molecule is O=C(c1n[nH]c2c1CCCC2)N1CC(O)CC1c1ccc(F)c(F)c1. The van der Waals surface area contributed by atoms with Crippen molar-refractivity contribution in [3.05, 3.63) is 52.3 Å². The van der Waals surface area contributed by atoms with Gasteiger partial charge in [-0.1, -0.05) is 6.07 Å². The number of likely N-dealkylation sites (tertiary alicyclic amines) is 1. The van der Waals surface area contributed by atoms with E-state index >= 15 is 0 Å². The maximum atomic E-state index is 13.6. The molecule has 0 bridgehead atoms. The minimum atomic E-state index is -0.955. The smallest absolute Gasteiger partial charge is 0.275 e. The van der Waals surface area contributed by atoms with Gasteiger partial charge in [-0.05, 0) is 49.8 Å². The van der Waals surface area contributed by atoms with Gasteiger partial charge in [0, 0.05) is 17.8 Å². The Bertz CT molecular complexity index is 821. The number of carbonyl (C=O) groups excluding carboxylic acids is 1. The standard InChI is InChI=1S/C18H19F2N3O2/c19-13-6-5-10(7-14(13)20)16-8-11(24)9-23(16)18(25)17-12-3-1-2-4-15(12)21-22-17/h5-7,11,16,24H,1-4,8-9H2,(H,21,22). The van der Waals surface area contributed by atoms with Crippen LogP contribution in [0, 0.1) is 11.6 Å². The molecule has 25 heavy (non-hydrogen) atoms. The van der Waals surface area contributed by atoms with Crippen molar-refractivity contribution in [1.82, 2.24) is 15.1 Å². The number of rotatable bonds is 2. The lowest BCUT2D eigenvalue weighted by molar-refractivity contribution is 0.0708. The van der Waals surface area contributed by atoms with E-state index in [0.717, 1.165) is 49.1 Å². The number of nitrogens with zero attached hydrogens (tertiary/aromatic N) is 2. The van der Waals surface area contributed by atoms with Crippen molar-refractivity contribution in [3.8, 4) is 0 Å². The summed E-state index contributed by atoms with van der Waals surface area (Å²) in [4.78, 5) is 14.5. The van der Waals surface area contributed by atoms with Crippen LogP contribution in [0.15, 0.2) is 18.2 Å². The molecule has 2 atom stereocenters. The van der Waals surface area contributed by atoms with Gasteiger partial charge in [0.25, 0.3) is 5.91 Å². The van der Waals surface area contributed by atoms with Gasteiger partial charge in [-0.3, -0.25) is 9.89 Å². The number of hydrogen-bond acceptors (Lipinski definition) is 3. The Morgan fingerprint density at radius 1 is 1.24 bits per heavy atom. The minimum absolute atomic E-state index is 0.157. The number of β-amino-alcohol motifs (C(OH)–C–C–N with tert-alkyl or cyclic N) is 1. The maximum Gasteiger partial charge on any atom is 0.275 e. The Morgan fingerprint density at radius 3 is 2.84 bits per heavy atom. The Labute approximate surface area is 143 Å². The summed E-state index contributed by atoms with van der Waals surface area (Å²) in [5.41, 5.74) is 2.81. The van der Waals surface area contributed by atoms with Crippen LogP contribution in [0.3, 0.4) is 0 Å². The summed E-state index contributed by atoms with van der Waals surface area (Å²) in [6, 6.07) is 3.11. The third-order valence-electron chi connectivity index (χ3n) is 5.13. The summed E-state index contributed by atoms with van der Waals surface area (Å²) in [5.74, 6) is -2.16. The van der Waals surface area contributed by atoms with E-state index in [-0.39, 0.29) is 12.5 Å². The lowest BCUT2D eigenvalue weighted by atomic mass is 9.95. The van der Waals surface area contributed by atoms with E-state index in [1.54, 1.807) is 0 Å². The van der Waals surface area contributed by atoms with Crippen molar-refractivity contribution >= 4 is 5.91 Å². The molecule has 132 valence electrons. The van der Waals surface area contributed by atoms with E-state index in [9.17, 15) is 18.7 Å². The first-order chi connectivity index (χ1) is 12.0. The molecule has 1 aliphatic heterocycles. The molecule has 2 unspecified atom stereocenters. The molecule has 7 heteroatoms. The van der Waals surface area contributed by atoms with Crippen molar-refractivity contribution in [3.63, 3.8) is 0 Å². The molecule has 2 aromatic rings. The Morgan fingerprint density at radius 2 is 2.04 bits per heavy atom. The van der Waals surface area contributed by atoms with Gasteiger partial charge in [0.2, 0.25) is 0 Å². The highest BCUT2D eigenvalue weighted by atomic mass is 19.2. The van der Waals surface area contributed by atoms with Crippen LogP contribution in [0.5, 0.6) is 0 Å². The second kappa shape index (κ2) is 6.22. The highest BCUT2D eigenvalue weighted by Gasteiger charge is 2.38. The molecule has 0 spiro atoms. The number of amides is 1. The first-order valence-electron chi connectivity index (χ1n) is 8.54. The topological polar surface area (TPSA) is 69.2 Å². The summed E-state index contributed by atoms with van der Waals surface area (Å²) in [6.07, 6.45) is 3.37. The van der Waals surface area contributed by atoms with Crippen LogP contribution in [0.25, 0.3) is 0 Å². The molecule has 1 aromatic carbocycles. The van der Waals surface area contributed by atoms with E-state index in [4.69, 9.17) is 0 Å². The molecule has 0 radical (unpaired) electrons. The molecular formula is C18H19F2N3O2. The van der Waals surface area contributed by atoms with E-state index in [0.29, 0.717) is 17.7 Å². The summed E-state index contributed by atoms with van der Waals surface area (Å²) in [7, 11) is 0. The zero-order chi connectivity index (χ0) is 17.6. The van der Waals surface area contributed by atoms with Crippen LogP contribution in [-0.2, 0) is 12.8 Å². The molecule has 0 saturated carbocycles. The van der Waals surface area contributed by atoms with E-state index < -0.39 is 23.8 Å². The molecule has 2 aliphatic rings. The lowest BCUT2D eigenvalue weighted by Crippen LogP contribution is -2.33. The Hall–Kier alpha value is -2.28. The number of benzene rings is 1. The Balaban J connectivity index is 1.66. The van der Waals surface area contributed by atoms with Crippen LogP contribution in [0.1, 0.15) is 52.6 Å². The summed E-state index contributed by atoms with van der Waals surface area (Å²) < 4.78 is 26.8. The van der Waals surface area contributed by atoms with Crippen LogP contribution in [0.2, 0.25) is 0 Å². The molecule has 1 aliphatic carbocycles. The van der Waals surface area contributed by atoms with Crippen LogP contribution in [0.4, 0.5) is 8.78 Å². The monoisotopic (exact) mass is 347 g/mol. The number of aliphatic hydroxyl groups is 1. The predicted octanol–water partition coefficient (Wildman–Crippen LogP) is 2.51. The first-order valence-corrected chi connectivity index (χ1v) is 8.54. The maximum absolute atomic E-state index is 13.6. The highest BCUT2D eigenvalue weighted by Crippen LogP contribution is 2.35. The molecule has 1 fully saturated rings. The molecule has 2 heterocycles. The van der Waals surface area contributed by atoms with Gasteiger partial charge >= 0.3 is 0 Å². The number of fused-ring (bicyclic) bond motifs is 1. The van der Waals surface area contributed by atoms with Crippen molar-refractivity contribution in [2.24, 2.45) is 0 Å². The summed E-state index contributed by atoms with van der Waals surface area (Å²) in [5, 5.41) is 17.2. The molecule has 1 amide bonds. The predicted molar refractivity (Wildman–Crippen MR) is 86.0 cm³/mol.